The maximum absolute atomic E-state index is 5.73. The standard InChI is InChI=1S/C15H12N4O2S/c1-10-12(16-14(21-10)11-5-7-22-9-11)8-20-15-18-17-13-4-2-3-6-19(13)15/h2-7,9H,8H2,1H3. The van der Waals surface area contributed by atoms with Gasteiger partial charge in [0.05, 0.1) is 0 Å². The van der Waals surface area contributed by atoms with Crippen molar-refractivity contribution in [1.29, 1.82) is 0 Å². The fourth-order valence-electron chi connectivity index (χ4n) is 2.12. The lowest BCUT2D eigenvalue weighted by molar-refractivity contribution is 0.272. The minimum atomic E-state index is 0.287. The van der Waals surface area contributed by atoms with E-state index in [0.717, 1.165) is 22.7 Å². The number of ether oxygens (including phenoxy) is 1. The predicted molar refractivity (Wildman–Crippen MR) is 81.9 cm³/mol. The Balaban J connectivity index is 1.57. The van der Waals surface area contributed by atoms with Crippen molar-refractivity contribution in [3.05, 3.63) is 52.7 Å². The number of oxazole rings is 1. The summed E-state index contributed by atoms with van der Waals surface area (Å²) in [5, 5.41) is 12.1. The second-order valence-corrected chi connectivity index (χ2v) is 5.51. The number of pyridine rings is 1. The largest absolute Gasteiger partial charge is 0.457 e. The Morgan fingerprint density at radius 3 is 3.09 bits per heavy atom. The van der Waals surface area contributed by atoms with Gasteiger partial charge in [-0.2, -0.15) is 11.3 Å². The zero-order valence-corrected chi connectivity index (χ0v) is 12.6. The van der Waals surface area contributed by atoms with E-state index in [1.54, 1.807) is 15.7 Å². The molecule has 4 heterocycles. The maximum atomic E-state index is 5.73. The van der Waals surface area contributed by atoms with E-state index in [-0.39, 0.29) is 6.61 Å². The third-order valence-electron chi connectivity index (χ3n) is 3.28. The van der Waals surface area contributed by atoms with Crippen molar-refractivity contribution in [3.63, 3.8) is 0 Å². The molecule has 0 spiro atoms. The Hall–Kier alpha value is -2.67. The van der Waals surface area contributed by atoms with Gasteiger partial charge < -0.3 is 9.15 Å². The Labute approximate surface area is 130 Å². The van der Waals surface area contributed by atoms with E-state index in [1.165, 1.54) is 0 Å². The molecular formula is C15H12N4O2S. The third-order valence-corrected chi connectivity index (χ3v) is 3.96. The van der Waals surface area contributed by atoms with Crippen LogP contribution in [0.5, 0.6) is 6.01 Å². The number of aryl methyl sites for hydroxylation is 1. The van der Waals surface area contributed by atoms with Crippen LogP contribution in [-0.4, -0.2) is 19.6 Å². The van der Waals surface area contributed by atoms with Crippen LogP contribution in [0.3, 0.4) is 0 Å². The SMILES string of the molecule is Cc1oc(-c2ccsc2)nc1COc1nnc2ccccn12. The van der Waals surface area contributed by atoms with Crippen LogP contribution in [-0.2, 0) is 6.61 Å². The van der Waals surface area contributed by atoms with Gasteiger partial charge in [0, 0.05) is 17.1 Å². The number of hydrogen-bond donors (Lipinski definition) is 0. The molecule has 0 bridgehead atoms. The summed E-state index contributed by atoms with van der Waals surface area (Å²) in [6.45, 7) is 2.17. The fourth-order valence-corrected chi connectivity index (χ4v) is 2.75. The van der Waals surface area contributed by atoms with Crippen LogP contribution in [0.4, 0.5) is 0 Å². The zero-order valence-electron chi connectivity index (χ0n) is 11.8. The summed E-state index contributed by atoms with van der Waals surface area (Å²) in [4.78, 5) is 4.49. The molecule has 0 saturated heterocycles. The van der Waals surface area contributed by atoms with E-state index in [0.29, 0.717) is 11.9 Å². The van der Waals surface area contributed by atoms with Gasteiger partial charge in [0.25, 0.3) is 0 Å². The van der Waals surface area contributed by atoms with E-state index < -0.39 is 0 Å². The molecule has 4 aromatic rings. The topological polar surface area (TPSA) is 65.5 Å². The van der Waals surface area contributed by atoms with Crippen molar-refractivity contribution in [2.24, 2.45) is 0 Å². The highest BCUT2D eigenvalue weighted by Gasteiger charge is 2.13. The summed E-state index contributed by atoms with van der Waals surface area (Å²) in [7, 11) is 0. The molecule has 0 N–H and O–H groups in total. The maximum Gasteiger partial charge on any atom is 0.321 e. The summed E-state index contributed by atoms with van der Waals surface area (Å²) < 4.78 is 13.2. The van der Waals surface area contributed by atoms with Gasteiger partial charge in [-0.25, -0.2) is 4.98 Å². The molecule has 0 aromatic carbocycles. The fraction of sp³-hybridized carbons (Fsp3) is 0.133. The first-order valence-electron chi connectivity index (χ1n) is 6.73. The highest BCUT2D eigenvalue weighted by atomic mass is 32.1. The van der Waals surface area contributed by atoms with Crippen LogP contribution >= 0.6 is 11.3 Å². The van der Waals surface area contributed by atoms with Crippen molar-refractivity contribution in [2.75, 3.05) is 0 Å². The van der Waals surface area contributed by atoms with Crippen molar-refractivity contribution >= 4 is 17.0 Å². The molecule has 0 saturated carbocycles. The molecule has 0 aliphatic rings. The van der Waals surface area contributed by atoms with Gasteiger partial charge in [-0.15, -0.1) is 5.10 Å². The van der Waals surface area contributed by atoms with E-state index in [2.05, 4.69) is 15.2 Å². The average Bonchev–Trinajstić information content (AvgIpc) is 3.25. The first kappa shape index (κ1) is 13.0. The molecule has 4 rings (SSSR count). The summed E-state index contributed by atoms with van der Waals surface area (Å²) in [6.07, 6.45) is 1.86. The van der Waals surface area contributed by atoms with E-state index in [9.17, 15) is 0 Å². The van der Waals surface area contributed by atoms with Crippen molar-refractivity contribution < 1.29 is 9.15 Å². The van der Waals surface area contributed by atoms with Crippen LogP contribution in [0.1, 0.15) is 11.5 Å². The molecule has 4 aromatic heterocycles. The zero-order chi connectivity index (χ0) is 14.9. The molecule has 7 heteroatoms. The third kappa shape index (κ3) is 2.25. The van der Waals surface area contributed by atoms with Crippen molar-refractivity contribution in [3.8, 4) is 17.5 Å². The van der Waals surface area contributed by atoms with Crippen LogP contribution in [0.15, 0.2) is 45.6 Å². The monoisotopic (exact) mass is 312 g/mol. The Bertz CT molecular complexity index is 911. The molecule has 0 aliphatic carbocycles. The number of hydrogen-bond acceptors (Lipinski definition) is 6. The number of fused-ring (bicyclic) bond motifs is 1. The van der Waals surface area contributed by atoms with Crippen molar-refractivity contribution in [1.82, 2.24) is 19.6 Å². The lowest BCUT2D eigenvalue weighted by Crippen LogP contribution is -2.00. The second-order valence-electron chi connectivity index (χ2n) is 4.73. The molecule has 0 amide bonds. The summed E-state index contributed by atoms with van der Waals surface area (Å²) >= 11 is 1.61. The average molecular weight is 312 g/mol. The van der Waals surface area contributed by atoms with Gasteiger partial charge in [0.1, 0.15) is 18.1 Å². The summed E-state index contributed by atoms with van der Waals surface area (Å²) in [5.41, 5.74) is 2.48. The number of thiophene rings is 1. The number of aromatic nitrogens is 4. The van der Waals surface area contributed by atoms with Crippen LogP contribution in [0.25, 0.3) is 17.1 Å². The lowest BCUT2D eigenvalue weighted by Gasteiger charge is -2.01. The van der Waals surface area contributed by atoms with Crippen LogP contribution in [0, 0.1) is 6.92 Å². The minimum Gasteiger partial charge on any atom is -0.457 e. The minimum absolute atomic E-state index is 0.287. The first-order valence-corrected chi connectivity index (χ1v) is 7.67. The van der Waals surface area contributed by atoms with E-state index in [1.807, 2.05) is 48.1 Å². The van der Waals surface area contributed by atoms with Crippen molar-refractivity contribution in [2.45, 2.75) is 13.5 Å². The molecule has 0 aliphatic heterocycles. The highest BCUT2D eigenvalue weighted by Crippen LogP contribution is 2.24. The molecule has 0 atom stereocenters. The summed E-state index contributed by atoms with van der Waals surface area (Å²) in [5.74, 6) is 1.36. The molecule has 6 nitrogen and oxygen atoms in total. The van der Waals surface area contributed by atoms with E-state index >= 15 is 0 Å². The predicted octanol–water partition coefficient (Wildman–Crippen LogP) is 3.33. The van der Waals surface area contributed by atoms with Gasteiger partial charge >= 0.3 is 6.01 Å². The highest BCUT2D eigenvalue weighted by molar-refractivity contribution is 7.08. The molecule has 0 unspecified atom stereocenters. The Morgan fingerprint density at radius 2 is 2.23 bits per heavy atom. The molecule has 0 fully saturated rings. The Morgan fingerprint density at radius 1 is 1.27 bits per heavy atom. The molecule has 110 valence electrons. The molecular weight excluding hydrogens is 300 g/mol. The number of nitrogens with zero attached hydrogens (tertiary/aromatic N) is 4. The first-order chi connectivity index (χ1) is 10.8. The number of rotatable bonds is 4. The lowest BCUT2D eigenvalue weighted by atomic mass is 10.3. The van der Waals surface area contributed by atoms with Gasteiger partial charge in [0.15, 0.2) is 5.65 Å². The van der Waals surface area contributed by atoms with Gasteiger partial charge in [-0.3, -0.25) is 4.40 Å². The second kappa shape index (κ2) is 5.27. The summed E-state index contributed by atoms with van der Waals surface area (Å²) in [6, 6.07) is 8.10. The normalized spacial score (nSPS) is 11.1. The van der Waals surface area contributed by atoms with Crippen LogP contribution in [0.2, 0.25) is 0 Å². The smallest absolute Gasteiger partial charge is 0.321 e. The van der Waals surface area contributed by atoms with Gasteiger partial charge in [0.2, 0.25) is 5.89 Å². The van der Waals surface area contributed by atoms with Gasteiger partial charge in [-0.1, -0.05) is 11.2 Å². The molecule has 0 radical (unpaired) electrons. The Kier molecular flexibility index (Phi) is 3.12. The van der Waals surface area contributed by atoms with Gasteiger partial charge in [-0.05, 0) is 30.5 Å². The molecule has 22 heavy (non-hydrogen) atoms. The quantitative estimate of drug-likeness (QED) is 0.578. The van der Waals surface area contributed by atoms with E-state index in [4.69, 9.17) is 9.15 Å². The van der Waals surface area contributed by atoms with Crippen LogP contribution < -0.4 is 4.74 Å².